The zero-order chi connectivity index (χ0) is 22.3. The fraction of sp³-hybridized carbons (Fsp3) is 0.926. The second kappa shape index (κ2) is 7.29. The molecule has 1 aliphatic heterocycles. The third-order valence-corrected chi connectivity index (χ3v) is 11.1. The van der Waals surface area contributed by atoms with Crippen molar-refractivity contribution in [3.63, 3.8) is 0 Å². The van der Waals surface area contributed by atoms with Crippen molar-refractivity contribution in [3.8, 4) is 0 Å². The molecule has 12 atom stereocenters. The summed E-state index contributed by atoms with van der Waals surface area (Å²) in [5.74, 6) is 1.55. The lowest BCUT2D eigenvalue weighted by Gasteiger charge is -2.62. The Morgan fingerprint density at radius 2 is 1.74 bits per heavy atom. The molecule has 1 saturated heterocycles. The molecule has 4 nitrogen and oxygen atoms in total. The monoisotopic (exact) mass is 432 g/mol. The largest absolute Gasteiger partial charge is 0.393 e. The van der Waals surface area contributed by atoms with Crippen LogP contribution in [0.1, 0.15) is 79.6 Å². The van der Waals surface area contributed by atoms with Gasteiger partial charge in [0.1, 0.15) is 0 Å². The first-order valence-electron chi connectivity index (χ1n) is 13.0. The summed E-state index contributed by atoms with van der Waals surface area (Å²) >= 11 is 0. The normalized spacial score (nSPS) is 58.8. The van der Waals surface area contributed by atoms with Crippen LogP contribution in [0.15, 0.2) is 12.2 Å². The third-order valence-electron chi connectivity index (χ3n) is 11.1. The number of fused-ring (bicyclic) bond motifs is 7. The van der Waals surface area contributed by atoms with Gasteiger partial charge in [0.25, 0.3) is 0 Å². The fourth-order valence-electron chi connectivity index (χ4n) is 9.35. The van der Waals surface area contributed by atoms with Gasteiger partial charge in [0, 0.05) is 17.3 Å². The SMILES string of the molecule is CC(C)/C=C/C1(O)O[C@H]2CC3C4CCC5C[C@@H](O)CC[C@]5(C)C4C[C@@H](O)[C@]3(C)C2[C@@H]1C. The van der Waals surface area contributed by atoms with Crippen LogP contribution in [0.25, 0.3) is 0 Å². The maximum absolute atomic E-state index is 11.7. The molecule has 0 aromatic rings. The van der Waals surface area contributed by atoms with Crippen LogP contribution in [-0.4, -0.2) is 39.4 Å². The Labute approximate surface area is 188 Å². The molecule has 0 bridgehead atoms. The van der Waals surface area contributed by atoms with E-state index in [4.69, 9.17) is 4.74 Å². The minimum Gasteiger partial charge on any atom is -0.393 e. The molecule has 1 heterocycles. The van der Waals surface area contributed by atoms with Gasteiger partial charge in [0.05, 0.1) is 18.3 Å². The van der Waals surface area contributed by atoms with E-state index in [-0.39, 0.29) is 41.0 Å². The fourth-order valence-corrected chi connectivity index (χ4v) is 9.35. The molecule has 31 heavy (non-hydrogen) atoms. The highest BCUT2D eigenvalue weighted by molar-refractivity contribution is 5.19. The molecule has 5 rings (SSSR count). The van der Waals surface area contributed by atoms with Gasteiger partial charge in [-0.15, -0.1) is 0 Å². The third kappa shape index (κ3) is 3.07. The van der Waals surface area contributed by atoms with Crippen molar-refractivity contribution < 1.29 is 20.1 Å². The predicted octanol–water partition coefficient (Wildman–Crippen LogP) is 4.52. The summed E-state index contributed by atoms with van der Waals surface area (Å²) in [5.41, 5.74) is 0.0497. The molecule has 5 aliphatic rings. The maximum atomic E-state index is 11.7. The molecule has 4 heteroatoms. The predicted molar refractivity (Wildman–Crippen MR) is 121 cm³/mol. The highest BCUT2D eigenvalue weighted by Gasteiger charge is 2.70. The van der Waals surface area contributed by atoms with E-state index in [9.17, 15) is 15.3 Å². The van der Waals surface area contributed by atoms with Crippen molar-refractivity contribution in [1.82, 2.24) is 0 Å². The van der Waals surface area contributed by atoms with Crippen molar-refractivity contribution in [1.29, 1.82) is 0 Å². The van der Waals surface area contributed by atoms with Crippen LogP contribution >= 0.6 is 0 Å². The summed E-state index contributed by atoms with van der Waals surface area (Å²) in [5, 5.41) is 33.3. The number of aliphatic hydroxyl groups excluding tert-OH is 2. The van der Waals surface area contributed by atoms with Crippen molar-refractivity contribution in [2.24, 2.45) is 52.3 Å². The van der Waals surface area contributed by atoms with E-state index < -0.39 is 5.79 Å². The summed E-state index contributed by atoms with van der Waals surface area (Å²) < 4.78 is 6.39. The second-order valence-electron chi connectivity index (χ2n) is 12.8. The average Bonchev–Trinajstić information content (AvgIpc) is 3.13. The Hall–Kier alpha value is -0.420. The van der Waals surface area contributed by atoms with Gasteiger partial charge in [0.15, 0.2) is 5.79 Å². The van der Waals surface area contributed by atoms with Gasteiger partial charge in [0.2, 0.25) is 0 Å². The van der Waals surface area contributed by atoms with Gasteiger partial charge in [-0.2, -0.15) is 0 Å². The molecule has 3 N–H and O–H groups in total. The molecule has 0 aromatic carbocycles. The molecule has 0 radical (unpaired) electrons. The topological polar surface area (TPSA) is 69.9 Å². The number of allylic oxidation sites excluding steroid dienone is 1. The van der Waals surface area contributed by atoms with Crippen LogP contribution in [0.4, 0.5) is 0 Å². The van der Waals surface area contributed by atoms with E-state index >= 15 is 0 Å². The molecule has 0 amide bonds. The van der Waals surface area contributed by atoms with Gasteiger partial charge in [-0.25, -0.2) is 0 Å². The summed E-state index contributed by atoms with van der Waals surface area (Å²) in [4.78, 5) is 0. The lowest BCUT2D eigenvalue weighted by molar-refractivity contribution is -0.196. The Morgan fingerprint density at radius 1 is 1.00 bits per heavy atom. The first-order valence-corrected chi connectivity index (χ1v) is 13.0. The molecule has 0 aromatic heterocycles. The van der Waals surface area contributed by atoms with Gasteiger partial charge in [-0.05, 0) is 86.0 Å². The highest BCUT2D eigenvalue weighted by atomic mass is 16.6. The molecule has 5 fully saturated rings. The van der Waals surface area contributed by atoms with Crippen LogP contribution in [-0.2, 0) is 4.74 Å². The Kier molecular flexibility index (Phi) is 5.26. The molecular weight excluding hydrogens is 388 g/mol. The Morgan fingerprint density at radius 3 is 2.45 bits per heavy atom. The van der Waals surface area contributed by atoms with Crippen molar-refractivity contribution in [2.75, 3.05) is 0 Å². The lowest BCUT2D eigenvalue weighted by atomic mass is 9.43. The van der Waals surface area contributed by atoms with Crippen LogP contribution < -0.4 is 0 Å². The summed E-state index contributed by atoms with van der Waals surface area (Å²) in [7, 11) is 0. The number of aliphatic hydroxyl groups is 3. The highest BCUT2D eigenvalue weighted by Crippen LogP contribution is 2.70. The van der Waals surface area contributed by atoms with Gasteiger partial charge in [-0.3, -0.25) is 0 Å². The van der Waals surface area contributed by atoms with E-state index in [2.05, 4.69) is 34.6 Å². The van der Waals surface area contributed by atoms with E-state index in [1.54, 1.807) is 0 Å². The number of rotatable bonds is 2. The Bertz CT molecular complexity index is 735. The standard InChI is InChI=1S/C27H44O4/c1-15(2)8-11-27(30)16(3)24-22(31-27)13-21-19-7-6-17-12-18(28)9-10-25(17,4)20(19)14-23(29)26(21,24)5/h8,11,15-24,28-30H,6-7,9-10,12-14H2,1-5H3/b11-8+/t16-,17?,18-,19?,20?,21?,22-,23+,24?,25-,26+,27?/m0/s1. The zero-order valence-electron chi connectivity index (χ0n) is 20.1. The number of hydrogen-bond acceptors (Lipinski definition) is 4. The number of hydrogen-bond donors (Lipinski definition) is 3. The van der Waals surface area contributed by atoms with Crippen molar-refractivity contribution in [2.45, 2.75) is 104 Å². The maximum Gasteiger partial charge on any atom is 0.188 e. The van der Waals surface area contributed by atoms with Crippen LogP contribution in [0.3, 0.4) is 0 Å². The van der Waals surface area contributed by atoms with Crippen molar-refractivity contribution >= 4 is 0 Å². The first-order chi connectivity index (χ1) is 14.5. The van der Waals surface area contributed by atoms with Gasteiger partial charge in [-0.1, -0.05) is 40.7 Å². The summed E-state index contributed by atoms with van der Waals surface area (Å²) in [6, 6.07) is 0. The van der Waals surface area contributed by atoms with E-state index in [1.807, 2.05) is 12.2 Å². The van der Waals surface area contributed by atoms with Crippen LogP contribution in [0.5, 0.6) is 0 Å². The first kappa shape index (κ1) is 22.4. The molecule has 4 aliphatic carbocycles. The van der Waals surface area contributed by atoms with Gasteiger partial charge >= 0.3 is 0 Å². The quantitative estimate of drug-likeness (QED) is 0.561. The van der Waals surface area contributed by atoms with E-state index in [0.717, 1.165) is 32.1 Å². The summed E-state index contributed by atoms with van der Waals surface area (Å²) in [6.07, 6.45) is 10.7. The minimum absolute atomic E-state index is 0.0227. The zero-order valence-corrected chi connectivity index (χ0v) is 20.1. The summed E-state index contributed by atoms with van der Waals surface area (Å²) in [6.45, 7) is 11.1. The number of ether oxygens (including phenoxy) is 1. The van der Waals surface area contributed by atoms with Crippen LogP contribution in [0, 0.1) is 52.3 Å². The second-order valence-corrected chi connectivity index (χ2v) is 12.8. The molecule has 6 unspecified atom stereocenters. The average molecular weight is 433 g/mol. The smallest absolute Gasteiger partial charge is 0.188 e. The van der Waals surface area contributed by atoms with Gasteiger partial charge < -0.3 is 20.1 Å². The van der Waals surface area contributed by atoms with Crippen LogP contribution in [0.2, 0.25) is 0 Å². The molecular formula is C27H44O4. The molecule has 176 valence electrons. The van der Waals surface area contributed by atoms with Crippen molar-refractivity contribution in [3.05, 3.63) is 12.2 Å². The van der Waals surface area contributed by atoms with E-state index in [0.29, 0.717) is 29.6 Å². The van der Waals surface area contributed by atoms with E-state index in [1.165, 1.54) is 12.8 Å². The minimum atomic E-state index is -1.21. The molecule has 4 saturated carbocycles. The Balaban J connectivity index is 1.44. The lowest BCUT2D eigenvalue weighted by Crippen LogP contribution is -2.59. The molecule has 0 spiro atoms.